The molecule has 23 heavy (non-hydrogen) atoms. The number of hydrazone groups is 1. The van der Waals surface area contributed by atoms with Crippen molar-refractivity contribution in [1.82, 2.24) is 10.3 Å². The van der Waals surface area contributed by atoms with Crippen molar-refractivity contribution in [2.24, 2.45) is 5.10 Å². The lowest BCUT2D eigenvalue weighted by Crippen LogP contribution is -2.31. The largest absolute Gasteiger partial charge is 0.494 e. The summed E-state index contributed by atoms with van der Waals surface area (Å²) in [6.45, 7) is 4.38. The Morgan fingerprint density at radius 2 is 1.87 bits per heavy atom. The molecule has 1 aromatic carbocycles. The van der Waals surface area contributed by atoms with Gasteiger partial charge in [-0.05, 0) is 62.2 Å². The number of carbonyl (C=O) groups is 1. The summed E-state index contributed by atoms with van der Waals surface area (Å²) in [6.07, 6.45) is 6.34. The molecule has 5 nitrogen and oxygen atoms in total. The number of rotatable bonds is 6. The quantitative estimate of drug-likeness (QED) is 0.821. The number of piperidine rings is 1. The zero-order chi connectivity index (χ0) is 15.9. The van der Waals surface area contributed by atoms with Crippen LogP contribution in [0.5, 0.6) is 5.75 Å². The highest BCUT2D eigenvalue weighted by Crippen LogP contribution is 2.16. The third kappa shape index (κ3) is 4.79. The lowest BCUT2D eigenvalue weighted by molar-refractivity contribution is -0.121. The minimum absolute atomic E-state index is 0.0117. The molecule has 1 fully saturated rings. The molecular weight excluding hydrogens is 290 g/mol. The summed E-state index contributed by atoms with van der Waals surface area (Å²) < 4.78 is 5.82. The zero-order valence-corrected chi connectivity index (χ0v) is 13.6. The van der Waals surface area contributed by atoms with Gasteiger partial charge in [-0.3, -0.25) is 4.79 Å². The molecular formula is C18H25N3O2. The van der Waals surface area contributed by atoms with Crippen LogP contribution in [0.2, 0.25) is 0 Å². The average molecular weight is 315 g/mol. The fraction of sp³-hybridized carbons (Fsp3) is 0.556. The second-order valence-corrected chi connectivity index (χ2v) is 6.22. The molecule has 1 saturated heterocycles. The number of carbonyl (C=O) groups excluding carboxylic acids is 1. The maximum atomic E-state index is 11.1. The van der Waals surface area contributed by atoms with Crippen LogP contribution in [0.25, 0.3) is 0 Å². The molecule has 1 N–H and O–H groups in total. The smallest absolute Gasteiger partial charge is 0.240 e. The van der Waals surface area contributed by atoms with Gasteiger partial charge in [0.05, 0.1) is 12.3 Å². The van der Waals surface area contributed by atoms with Gasteiger partial charge in [-0.25, -0.2) is 5.43 Å². The van der Waals surface area contributed by atoms with Crippen LogP contribution in [0.15, 0.2) is 29.4 Å². The summed E-state index contributed by atoms with van der Waals surface area (Å²) in [5.41, 5.74) is 4.51. The van der Waals surface area contributed by atoms with Crippen molar-refractivity contribution in [2.45, 2.75) is 38.5 Å². The fourth-order valence-electron chi connectivity index (χ4n) is 3.09. The van der Waals surface area contributed by atoms with Gasteiger partial charge in [-0.1, -0.05) is 6.42 Å². The fourth-order valence-corrected chi connectivity index (χ4v) is 3.09. The first-order valence-electron chi connectivity index (χ1n) is 8.62. The van der Waals surface area contributed by atoms with Crippen molar-refractivity contribution in [2.75, 3.05) is 26.2 Å². The average Bonchev–Trinajstić information content (AvgIpc) is 2.61. The molecule has 124 valence electrons. The molecule has 0 bridgehead atoms. The minimum atomic E-state index is -0.0117. The maximum Gasteiger partial charge on any atom is 0.240 e. The summed E-state index contributed by atoms with van der Waals surface area (Å²) >= 11 is 0. The van der Waals surface area contributed by atoms with Crippen molar-refractivity contribution in [3.05, 3.63) is 29.8 Å². The van der Waals surface area contributed by atoms with E-state index in [2.05, 4.69) is 15.4 Å². The first kappa shape index (κ1) is 16.0. The van der Waals surface area contributed by atoms with Gasteiger partial charge >= 0.3 is 0 Å². The lowest BCUT2D eigenvalue weighted by Gasteiger charge is -2.26. The Morgan fingerprint density at radius 3 is 2.57 bits per heavy atom. The number of benzene rings is 1. The van der Waals surface area contributed by atoms with E-state index in [-0.39, 0.29) is 5.91 Å². The van der Waals surface area contributed by atoms with Crippen LogP contribution in [0.4, 0.5) is 0 Å². The summed E-state index contributed by atoms with van der Waals surface area (Å²) in [7, 11) is 0. The van der Waals surface area contributed by atoms with Crippen molar-refractivity contribution >= 4 is 11.6 Å². The molecule has 2 heterocycles. The SMILES string of the molecule is O=C1CCC(c2ccc(OCCCN3CCCCC3)cc2)=NN1. The number of nitrogens with one attached hydrogen (secondary N) is 1. The zero-order valence-electron chi connectivity index (χ0n) is 13.6. The summed E-state index contributed by atoms with van der Waals surface area (Å²) in [6, 6.07) is 7.98. The number of hydrogen-bond donors (Lipinski definition) is 1. The van der Waals surface area contributed by atoms with E-state index in [0.29, 0.717) is 12.8 Å². The topological polar surface area (TPSA) is 53.9 Å². The van der Waals surface area contributed by atoms with Gasteiger partial charge in [0, 0.05) is 19.4 Å². The highest BCUT2D eigenvalue weighted by Gasteiger charge is 2.13. The van der Waals surface area contributed by atoms with Gasteiger partial charge < -0.3 is 9.64 Å². The van der Waals surface area contributed by atoms with E-state index in [9.17, 15) is 4.79 Å². The van der Waals surface area contributed by atoms with Crippen LogP contribution in [-0.4, -0.2) is 42.8 Å². The summed E-state index contributed by atoms with van der Waals surface area (Å²) in [5, 5.41) is 4.11. The Bertz CT molecular complexity index is 548. The molecule has 0 aromatic heterocycles. The normalized spacial score (nSPS) is 19.1. The second kappa shape index (κ2) is 8.11. The number of likely N-dealkylation sites (tertiary alicyclic amines) is 1. The third-order valence-corrected chi connectivity index (χ3v) is 4.43. The van der Waals surface area contributed by atoms with E-state index in [1.54, 1.807) is 0 Å². The van der Waals surface area contributed by atoms with Crippen molar-refractivity contribution in [3.8, 4) is 5.75 Å². The van der Waals surface area contributed by atoms with E-state index >= 15 is 0 Å². The van der Waals surface area contributed by atoms with Crippen LogP contribution >= 0.6 is 0 Å². The van der Waals surface area contributed by atoms with Gasteiger partial charge in [0.25, 0.3) is 0 Å². The molecule has 0 radical (unpaired) electrons. The third-order valence-electron chi connectivity index (χ3n) is 4.43. The predicted octanol–water partition coefficient (Wildman–Crippen LogP) is 2.56. The molecule has 1 aromatic rings. The molecule has 2 aliphatic heterocycles. The Kier molecular flexibility index (Phi) is 5.64. The number of ether oxygens (including phenoxy) is 1. The van der Waals surface area contributed by atoms with Crippen molar-refractivity contribution < 1.29 is 9.53 Å². The maximum absolute atomic E-state index is 11.1. The molecule has 0 aliphatic carbocycles. The van der Waals surface area contributed by atoms with Gasteiger partial charge in [0.1, 0.15) is 5.75 Å². The van der Waals surface area contributed by atoms with Gasteiger partial charge in [-0.15, -0.1) is 0 Å². The molecule has 0 spiro atoms. The van der Waals surface area contributed by atoms with E-state index in [4.69, 9.17) is 4.74 Å². The second-order valence-electron chi connectivity index (χ2n) is 6.22. The molecule has 2 aliphatic rings. The van der Waals surface area contributed by atoms with Gasteiger partial charge in [-0.2, -0.15) is 5.10 Å². The highest BCUT2D eigenvalue weighted by molar-refractivity contribution is 6.04. The van der Waals surface area contributed by atoms with Crippen LogP contribution < -0.4 is 10.2 Å². The number of hydrogen-bond acceptors (Lipinski definition) is 4. The molecule has 0 saturated carbocycles. The molecule has 0 atom stereocenters. The Morgan fingerprint density at radius 1 is 1.09 bits per heavy atom. The van der Waals surface area contributed by atoms with E-state index in [0.717, 1.165) is 36.6 Å². The standard InChI is InChI=1S/C18H25N3O2/c22-18-10-9-17(19-20-18)15-5-7-16(8-6-15)23-14-4-13-21-11-2-1-3-12-21/h5-8H,1-4,9-14H2,(H,20,22). The molecule has 3 rings (SSSR count). The van der Waals surface area contributed by atoms with E-state index < -0.39 is 0 Å². The molecule has 5 heteroatoms. The van der Waals surface area contributed by atoms with Gasteiger partial charge in [0.15, 0.2) is 0 Å². The van der Waals surface area contributed by atoms with Gasteiger partial charge in [0.2, 0.25) is 5.91 Å². The van der Waals surface area contributed by atoms with Crippen LogP contribution in [0, 0.1) is 0 Å². The van der Waals surface area contributed by atoms with Crippen LogP contribution in [-0.2, 0) is 4.79 Å². The number of nitrogens with zero attached hydrogens (tertiary/aromatic N) is 2. The molecule has 0 unspecified atom stereocenters. The first-order chi connectivity index (χ1) is 11.3. The first-order valence-corrected chi connectivity index (χ1v) is 8.62. The Hall–Kier alpha value is -1.88. The highest BCUT2D eigenvalue weighted by atomic mass is 16.5. The molecule has 1 amide bonds. The van der Waals surface area contributed by atoms with Crippen LogP contribution in [0.3, 0.4) is 0 Å². The van der Waals surface area contributed by atoms with Crippen molar-refractivity contribution in [3.63, 3.8) is 0 Å². The van der Waals surface area contributed by atoms with Crippen molar-refractivity contribution in [1.29, 1.82) is 0 Å². The van der Waals surface area contributed by atoms with E-state index in [1.165, 1.54) is 32.4 Å². The summed E-state index contributed by atoms with van der Waals surface area (Å²) in [5.74, 6) is 0.884. The van der Waals surface area contributed by atoms with E-state index in [1.807, 2.05) is 24.3 Å². The minimum Gasteiger partial charge on any atom is -0.494 e. The Labute approximate surface area is 137 Å². The lowest BCUT2D eigenvalue weighted by atomic mass is 10.0. The summed E-state index contributed by atoms with van der Waals surface area (Å²) in [4.78, 5) is 13.6. The predicted molar refractivity (Wildman–Crippen MR) is 90.8 cm³/mol. The van der Waals surface area contributed by atoms with Crippen LogP contribution in [0.1, 0.15) is 44.1 Å². The Balaban J connectivity index is 1.41. The monoisotopic (exact) mass is 315 g/mol. The number of amides is 1.